The normalized spacial score (nSPS) is 17.2. The number of carbonyl (C=O) groups is 1. The summed E-state index contributed by atoms with van der Waals surface area (Å²) < 4.78 is 21.5. The Morgan fingerprint density at radius 2 is 1.96 bits per heavy atom. The Morgan fingerprint density at radius 1 is 1.14 bits per heavy atom. The highest BCUT2D eigenvalue weighted by molar-refractivity contribution is 5.95. The van der Waals surface area contributed by atoms with Crippen LogP contribution < -0.4 is 19.5 Å². The number of rotatable bonds is 6. The number of hydrogen-bond donors (Lipinski definition) is 1. The summed E-state index contributed by atoms with van der Waals surface area (Å²) >= 11 is 0. The smallest absolute Gasteiger partial charge is 0.251 e. The first-order valence-corrected chi connectivity index (χ1v) is 9.38. The number of amides is 1. The van der Waals surface area contributed by atoms with Gasteiger partial charge in [-0.05, 0) is 35.9 Å². The Bertz CT molecular complexity index is 835. The molecular formula is C21H24N2O5. The van der Waals surface area contributed by atoms with Crippen LogP contribution in [0.4, 0.5) is 0 Å². The summed E-state index contributed by atoms with van der Waals surface area (Å²) in [5.41, 5.74) is 1.66. The molecule has 1 fully saturated rings. The molecule has 1 saturated heterocycles. The lowest BCUT2D eigenvalue weighted by Crippen LogP contribution is -2.43. The first-order valence-electron chi connectivity index (χ1n) is 9.38. The lowest BCUT2D eigenvalue weighted by molar-refractivity contribution is 0.0162. The lowest BCUT2D eigenvalue weighted by Gasteiger charge is -2.35. The van der Waals surface area contributed by atoms with Crippen LogP contribution in [-0.2, 0) is 4.74 Å². The van der Waals surface area contributed by atoms with E-state index in [1.165, 1.54) is 0 Å². The second-order valence-electron chi connectivity index (χ2n) is 6.72. The van der Waals surface area contributed by atoms with Crippen LogP contribution in [-0.4, -0.2) is 57.6 Å². The third kappa shape index (κ3) is 4.05. The van der Waals surface area contributed by atoms with Gasteiger partial charge >= 0.3 is 0 Å². The van der Waals surface area contributed by atoms with Crippen molar-refractivity contribution in [2.75, 3.05) is 46.8 Å². The van der Waals surface area contributed by atoms with Crippen molar-refractivity contribution in [1.82, 2.24) is 10.2 Å². The predicted molar refractivity (Wildman–Crippen MR) is 103 cm³/mol. The Morgan fingerprint density at radius 3 is 2.79 bits per heavy atom. The van der Waals surface area contributed by atoms with Gasteiger partial charge in [-0.1, -0.05) is 12.1 Å². The van der Waals surface area contributed by atoms with Crippen LogP contribution >= 0.6 is 0 Å². The summed E-state index contributed by atoms with van der Waals surface area (Å²) in [7, 11) is 1.66. The fourth-order valence-corrected chi connectivity index (χ4v) is 3.52. The molecule has 148 valence electrons. The number of morpholine rings is 1. The Labute approximate surface area is 164 Å². The van der Waals surface area contributed by atoms with Crippen LogP contribution in [0.2, 0.25) is 0 Å². The highest BCUT2D eigenvalue weighted by Gasteiger charge is 2.24. The van der Waals surface area contributed by atoms with Gasteiger partial charge in [0.25, 0.3) is 5.91 Å². The zero-order valence-electron chi connectivity index (χ0n) is 15.8. The molecule has 2 aliphatic rings. The van der Waals surface area contributed by atoms with Gasteiger partial charge < -0.3 is 24.3 Å². The van der Waals surface area contributed by atoms with Crippen molar-refractivity contribution in [3.8, 4) is 17.2 Å². The number of carbonyl (C=O) groups excluding carboxylic acids is 1. The number of ether oxygens (including phenoxy) is 4. The van der Waals surface area contributed by atoms with E-state index in [0.29, 0.717) is 36.8 Å². The Hall–Kier alpha value is -2.77. The average Bonchev–Trinajstić information content (AvgIpc) is 3.22. The standard InChI is InChI=1S/C21H24N2O5/c1-25-17-4-2-3-15(11-17)18(23-7-9-26-10-8-23)13-22-21(24)16-5-6-19-20(12-16)28-14-27-19/h2-6,11-12,18H,7-10,13-14H2,1H3,(H,22,24). The van der Waals surface area contributed by atoms with Crippen molar-refractivity contribution in [2.24, 2.45) is 0 Å². The first kappa shape index (κ1) is 18.6. The molecule has 2 aromatic rings. The molecule has 28 heavy (non-hydrogen) atoms. The number of nitrogens with zero attached hydrogens (tertiary/aromatic N) is 1. The van der Waals surface area contributed by atoms with Gasteiger partial charge in [-0.3, -0.25) is 9.69 Å². The molecule has 0 bridgehead atoms. The van der Waals surface area contributed by atoms with Gasteiger partial charge in [-0.15, -0.1) is 0 Å². The SMILES string of the molecule is COc1cccc(C(CNC(=O)c2ccc3c(c2)OCO3)N2CCOCC2)c1. The molecule has 2 heterocycles. The molecule has 0 saturated carbocycles. The maximum Gasteiger partial charge on any atom is 0.251 e. The zero-order chi connectivity index (χ0) is 19.3. The molecule has 7 nitrogen and oxygen atoms in total. The number of nitrogens with one attached hydrogen (secondary N) is 1. The molecule has 0 aromatic heterocycles. The fourth-order valence-electron chi connectivity index (χ4n) is 3.52. The molecule has 1 amide bonds. The first-order chi connectivity index (χ1) is 13.7. The second-order valence-corrected chi connectivity index (χ2v) is 6.72. The Kier molecular flexibility index (Phi) is 5.64. The quantitative estimate of drug-likeness (QED) is 0.824. The largest absolute Gasteiger partial charge is 0.497 e. The van der Waals surface area contributed by atoms with E-state index in [1.54, 1.807) is 25.3 Å². The molecule has 2 aromatic carbocycles. The van der Waals surface area contributed by atoms with Crippen LogP contribution in [0.25, 0.3) is 0 Å². The van der Waals surface area contributed by atoms with Crippen LogP contribution in [0.1, 0.15) is 22.0 Å². The summed E-state index contributed by atoms with van der Waals surface area (Å²) in [5.74, 6) is 1.93. The van der Waals surface area contributed by atoms with Crippen LogP contribution in [0.3, 0.4) is 0 Å². The molecule has 7 heteroatoms. The summed E-state index contributed by atoms with van der Waals surface area (Å²) in [5, 5.41) is 3.06. The van der Waals surface area contributed by atoms with Crippen molar-refractivity contribution in [3.05, 3.63) is 53.6 Å². The molecule has 1 atom stereocenters. The number of benzene rings is 2. The Balaban J connectivity index is 1.49. The summed E-state index contributed by atoms with van der Waals surface area (Å²) in [6.07, 6.45) is 0. The highest BCUT2D eigenvalue weighted by Crippen LogP contribution is 2.32. The van der Waals surface area contributed by atoms with E-state index < -0.39 is 0 Å². The van der Waals surface area contributed by atoms with Crippen molar-refractivity contribution in [1.29, 1.82) is 0 Å². The maximum absolute atomic E-state index is 12.7. The van der Waals surface area contributed by atoms with Crippen LogP contribution in [0, 0.1) is 0 Å². The zero-order valence-corrected chi connectivity index (χ0v) is 15.8. The molecular weight excluding hydrogens is 360 g/mol. The van der Waals surface area contributed by atoms with Crippen molar-refractivity contribution in [3.63, 3.8) is 0 Å². The molecule has 1 unspecified atom stereocenters. The van der Waals surface area contributed by atoms with E-state index in [0.717, 1.165) is 24.4 Å². The average molecular weight is 384 g/mol. The lowest BCUT2D eigenvalue weighted by atomic mass is 10.0. The van der Waals surface area contributed by atoms with E-state index in [2.05, 4.69) is 16.3 Å². The van der Waals surface area contributed by atoms with Gasteiger partial charge in [0.1, 0.15) is 5.75 Å². The van der Waals surface area contributed by atoms with Gasteiger partial charge in [-0.25, -0.2) is 0 Å². The summed E-state index contributed by atoms with van der Waals surface area (Å²) in [6.45, 7) is 3.70. The van der Waals surface area contributed by atoms with Crippen molar-refractivity contribution >= 4 is 5.91 Å². The summed E-state index contributed by atoms with van der Waals surface area (Å²) in [6, 6.07) is 13.2. The number of hydrogen-bond acceptors (Lipinski definition) is 6. The number of fused-ring (bicyclic) bond motifs is 1. The van der Waals surface area contributed by atoms with Crippen LogP contribution in [0.5, 0.6) is 17.2 Å². The van der Waals surface area contributed by atoms with Gasteiger partial charge in [0.15, 0.2) is 11.5 Å². The maximum atomic E-state index is 12.7. The molecule has 4 rings (SSSR count). The highest BCUT2D eigenvalue weighted by atomic mass is 16.7. The van der Waals surface area contributed by atoms with Crippen LogP contribution in [0.15, 0.2) is 42.5 Å². The molecule has 2 aliphatic heterocycles. The van der Waals surface area contributed by atoms with Gasteiger partial charge in [-0.2, -0.15) is 0 Å². The monoisotopic (exact) mass is 384 g/mol. The third-order valence-corrected chi connectivity index (χ3v) is 5.06. The van der Waals surface area contributed by atoms with E-state index in [9.17, 15) is 4.79 Å². The van der Waals surface area contributed by atoms with E-state index in [4.69, 9.17) is 18.9 Å². The molecule has 0 aliphatic carbocycles. The number of methoxy groups -OCH3 is 1. The predicted octanol–water partition coefficient (Wildman–Crippen LogP) is 2.23. The molecule has 0 spiro atoms. The minimum absolute atomic E-state index is 0.0389. The summed E-state index contributed by atoms with van der Waals surface area (Å²) in [4.78, 5) is 15.0. The second kappa shape index (κ2) is 8.50. The fraction of sp³-hybridized carbons (Fsp3) is 0.381. The topological polar surface area (TPSA) is 69.3 Å². The van der Waals surface area contributed by atoms with Gasteiger partial charge in [0.2, 0.25) is 6.79 Å². The van der Waals surface area contributed by atoms with E-state index >= 15 is 0 Å². The third-order valence-electron chi connectivity index (χ3n) is 5.06. The van der Waals surface area contributed by atoms with Crippen molar-refractivity contribution in [2.45, 2.75) is 6.04 Å². The van der Waals surface area contributed by atoms with Gasteiger partial charge in [0.05, 0.1) is 26.4 Å². The minimum Gasteiger partial charge on any atom is -0.497 e. The van der Waals surface area contributed by atoms with Gasteiger partial charge in [0, 0.05) is 25.2 Å². The molecule has 1 N–H and O–H groups in total. The minimum atomic E-state index is -0.139. The molecule has 0 radical (unpaired) electrons. The van der Waals surface area contributed by atoms with Crippen molar-refractivity contribution < 1.29 is 23.7 Å². The van der Waals surface area contributed by atoms with E-state index in [1.807, 2.05) is 18.2 Å². The van der Waals surface area contributed by atoms with E-state index in [-0.39, 0.29) is 18.7 Å².